The molecule has 1 aliphatic heterocycles. The van der Waals surface area contributed by atoms with Crippen molar-refractivity contribution in [2.24, 2.45) is 0 Å². The molecule has 1 aliphatic rings. The number of halogens is 2. The molecule has 34 heavy (non-hydrogen) atoms. The maximum Gasteiger partial charge on any atom is 0.165 e. The maximum absolute atomic E-state index is 14.8. The van der Waals surface area contributed by atoms with Crippen LogP contribution in [0.1, 0.15) is 30.5 Å². The highest BCUT2D eigenvalue weighted by molar-refractivity contribution is 5.66. The molecule has 4 rings (SSSR count). The van der Waals surface area contributed by atoms with E-state index in [1.54, 1.807) is 23.8 Å². The van der Waals surface area contributed by atoms with Gasteiger partial charge in [-0.05, 0) is 36.8 Å². The summed E-state index contributed by atoms with van der Waals surface area (Å²) in [4.78, 5) is 4.06. The van der Waals surface area contributed by atoms with Gasteiger partial charge in [-0.3, -0.25) is 0 Å². The molecule has 4 atom stereocenters. The van der Waals surface area contributed by atoms with Gasteiger partial charge >= 0.3 is 0 Å². The van der Waals surface area contributed by atoms with Crippen LogP contribution in [0.5, 0.6) is 5.75 Å². The van der Waals surface area contributed by atoms with Crippen LogP contribution < -0.4 is 4.74 Å². The quantitative estimate of drug-likeness (QED) is 0.480. The summed E-state index contributed by atoms with van der Waals surface area (Å²) in [5.41, 5.74) is 0.873. The zero-order chi connectivity index (χ0) is 24.2. The fourth-order valence-corrected chi connectivity index (χ4v) is 3.67. The number of aromatic nitrogens is 2. The molecule has 0 unspecified atom stereocenters. The van der Waals surface area contributed by atoms with Gasteiger partial charge < -0.3 is 29.4 Å². The second-order valence-electron chi connectivity index (χ2n) is 7.94. The highest BCUT2D eigenvalue weighted by Crippen LogP contribution is 2.29. The average molecular weight is 470 g/mol. The zero-order valence-corrected chi connectivity index (χ0v) is 18.4. The molecular weight excluding hydrogens is 446 g/mol. The number of hydrogen-bond acceptors (Lipinski definition) is 6. The summed E-state index contributed by atoms with van der Waals surface area (Å²) in [6.45, 7) is 1.54. The highest BCUT2D eigenvalue weighted by Gasteiger charge is 2.28. The SMILES string of the molecule is C[C@H](O)c1nccn1[C@@H](C#Cc1ccc(-c2ccc(O[C@@H]3COC[C@H]3O)c(F)c2)c(F)c1)CO. The van der Waals surface area contributed by atoms with Gasteiger partial charge in [-0.2, -0.15) is 0 Å². The molecule has 0 aliphatic carbocycles. The predicted molar refractivity (Wildman–Crippen MR) is 119 cm³/mol. The molecule has 7 nitrogen and oxygen atoms in total. The van der Waals surface area contributed by atoms with Gasteiger partial charge in [-0.15, -0.1) is 0 Å². The lowest BCUT2D eigenvalue weighted by Crippen LogP contribution is -2.30. The van der Waals surface area contributed by atoms with Gasteiger partial charge in [0.15, 0.2) is 17.7 Å². The van der Waals surface area contributed by atoms with E-state index in [4.69, 9.17) is 9.47 Å². The normalized spacial score (nSPS) is 19.4. The Bertz CT molecular complexity index is 1220. The van der Waals surface area contributed by atoms with Crippen molar-refractivity contribution in [1.29, 1.82) is 0 Å². The Kier molecular flexibility index (Phi) is 7.24. The van der Waals surface area contributed by atoms with Gasteiger partial charge in [0.2, 0.25) is 0 Å². The first-order chi connectivity index (χ1) is 16.4. The Morgan fingerprint density at radius 3 is 2.68 bits per heavy atom. The third-order valence-electron chi connectivity index (χ3n) is 5.45. The minimum atomic E-state index is -0.837. The molecule has 0 saturated carbocycles. The lowest BCUT2D eigenvalue weighted by molar-refractivity contribution is 0.0708. The summed E-state index contributed by atoms with van der Waals surface area (Å²) in [7, 11) is 0. The van der Waals surface area contributed by atoms with Crippen LogP contribution >= 0.6 is 0 Å². The Balaban J connectivity index is 1.52. The van der Waals surface area contributed by atoms with Gasteiger partial charge in [-0.1, -0.05) is 24.0 Å². The molecule has 1 fully saturated rings. The van der Waals surface area contributed by atoms with Crippen LogP contribution in [0.4, 0.5) is 8.78 Å². The molecule has 0 amide bonds. The zero-order valence-electron chi connectivity index (χ0n) is 18.4. The van der Waals surface area contributed by atoms with Gasteiger partial charge in [0.1, 0.15) is 29.9 Å². The number of rotatable bonds is 6. The van der Waals surface area contributed by atoms with E-state index in [0.717, 1.165) is 0 Å². The van der Waals surface area contributed by atoms with E-state index >= 15 is 0 Å². The Hall–Kier alpha value is -3.29. The van der Waals surface area contributed by atoms with Gasteiger partial charge in [-0.25, -0.2) is 13.8 Å². The third-order valence-corrected chi connectivity index (χ3v) is 5.45. The largest absolute Gasteiger partial charge is 0.482 e. The minimum absolute atomic E-state index is 0.0488. The summed E-state index contributed by atoms with van der Waals surface area (Å²) in [6, 6.07) is 7.74. The molecule has 178 valence electrons. The van der Waals surface area contributed by atoms with Gasteiger partial charge in [0.05, 0.1) is 19.8 Å². The van der Waals surface area contributed by atoms with E-state index in [1.165, 1.54) is 36.5 Å². The molecule has 3 N–H and O–H groups in total. The smallest absolute Gasteiger partial charge is 0.165 e. The second-order valence-corrected chi connectivity index (χ2v) is 7.94. The molecule has 1 aromatic heterocycles. The van der Waals surface area contributed by atoms with E-state index in [0.29, 0.717) is 17.0 Å². The maximum atomic E-state index is 14.8. The number of aliphatic hydroxyl groups is 3. The summed E-state index contributed by atoms with van der Waals surface area (Å²) in [6.07, 6.45) is 0.778. The van der Waals surface area contributed by atoms with E-state index in [-0.39, 0.29) is 31.1 Å². The molecule has 0 radical (unpaired) electrons. The fraction of sp³-hybridized carbons (Fsp3) is 0.320. The first-order valence-electron chi connectivity index (χ1n) is 10.7. The Morgan fingerprint density at radius 2 is 2.03 bits per heavy atom. The number of ether oxygens (including phenoxy) is 2. The summed E-state index contributed by atoms with van der Waals surface area (Å²) >= 11 is 0. The van der Waals surface area contributed by atoms with E-state index in [1.807, 2.05) is 0 Å². The minimum Gasteiger partial charge on any atom is -0.482 e. The van der Waals surface area contributed by atoms with Crippen LogP contribution in [0.25, 0.3) is 11.1 Å². The number of hydrogen-bond donors (Lipinski definition) is 3. The van der Waals surface area contributed by atoms with Crippen molar-refractivity contribution in [2.45, 2.75) is 31.3 Å². The molecule has 0 spiro atoms. The number of benzene rings is 2. The van der Waals surface area contributed by atoms with E-state index in [9.17, 15) is 24.1 Å². The Labute approximate surface area is 195 Å². The number of aliphatic hydroxyl groups excluding tert-OH is 3. The van der Waals surface area contributed by atoms with Crippen LogP contribution in [-0.2, 0) is 4.74 Å². The highest BCUT2D eigenvalue weighted by atomic mass is 19.1. The van der Waals surface area contributed by atoms with Crippen molar-refractivity contribution in [3.8, 4) is 28.7 Å². The molecule has 2 heterocycles. The van der Waals surface area contributed by atoms with Crippen molar-refractivity contribution < 1.29 is 33.6 Å². The van der Waals surface area contributed by atoms with Crippen molar-refractivity contribution in [3.05, 3.63) is 71.8 Å². The Morgan fingerprint density at radius 1 is 1.21 bits per heavy atom. The molecule has 1 saturated heterocycles. The van der Waals surface area contributed by atoms with Crippen LogP contribution in [0.3, 0.4) is 0 Å². The molecule has 9 heteroatoms. The monoisotopic (exact) mass is 470 g/mol. The lowest BCUT2D eigenvalue weighted by atomic mass is 10.0. The van der Waals surface area contributed by atoms with E-state index in [2.05, 4.69) is 16.8 Å². The second kappa shape index (κ2) is 10.3. The van der Waals surface area contributed by atoms with Crippen LogP contribution in [0.15, 0.2) is 48.8 Å². The van der Waals surface area contributed by atoms with Gasteiger partial charge in [0, 0.05) is 23.5 Å². The number of imidazole rings is 1. The average Bonchev–Trinajstić information content (AvgIpc) is 3.45. The third kappa shape index (κ3) is 5.11. The fourth-order valence-electron chi connectivity index (χ4n) is 3.67. The van der Waals surface area contributed by atoms with Crippen molar-refractivity contribution >= 4 is 0 Å². The molecule has 3 aromatic rings. The van der Waals surface area contributed by atoms with Crippen molar-refractivity contribution in [1.82, 2.24) is 9.55 Å². The molecule has 0 bridgehead atoms. The standard InChI is InChI=1S/C25H24F2N2O5/c1-15(31)25-28-8-9-29(25)18(12-30)5-2-16-3-6-19(20(26)10-16)17-4-7-23(21(27)11-17)34-24-14-33-13-22(24)32/h3-4,6-11,15,18,22,24,30-32H,12-14H2,1H3/t15-,18-,22+,24+/m0/s1. The summed E-state index contributed by atoms with van der Waals surface area (Å²) < 4.78 is 41.5. The van der Waals surface area contributed by atoms with Crippen molar-refractivity contribution in [2.75, 3.05) is 19.8 Å². The van der Waals surface area contributed by atoms with Gasteiger partial charge in [0.25, 0.3) is 0 Å². The number of nitrogens with zero attached hydrogens (tertiary/aromatic N) is 2. The predicted octanol–water partition coefficient (Wildman–Crippen LogP) is 2.61. The van der Waals surface area contributed by atoms with Crippen LogP contribution in [-0.4, -0.2) is 56.9 Å². The molecule has 2 aromatic carbocycles. The summed E-state index contributed by atoms with van der Waals surface area (Å²) in [5, 5.41) is 29.3. The first-order valence-corrected chi connectivity index (χ1v) is 10.7. The molecular formula is C25H24F2N2O5. The van der Waals surface area contributed by atoms with Crippen LogP contribution in [0.2, 0.25) is 0 Å². The summed E-state index contributed by atoms with van der Waals surface area (Å²) in [5.74, 6) is 4.73. The lowest BCUT2D eigenvalue weighted by Gasteiger charge is -2.16. The van der Waals surface area contributed by atoms with Crippen LogP contribution in [0, 0.1) is 23.5 Å². The van der Waals surface area contributed by atoms with Crippen molar-refractivity contribution in [3.63, 3.8) is 0 Å². The topological polar surface area (TPSA) is 97.0 Å². The first kappa shape index (κ1) is 23.9. The van der Waals surface area contributed by atoms with E-state index < -0.39 is 36.0 Å².